The van der Waals surface area contributed by atoms with Crippen LogP contribution in [0.4, 0.5) is 0 Å². The fourth-order valence-corrected chi connectivity index (χ4v) is 7.78. The quantitative estimate of drug-likeness (QED) is 0.0606. The van der Waals surface area contributed by atoms with Gasteiger partial charge < -0.3 is 9.80 Å². The molecule has 0 radical (unpaired) electrons. The Labute approximate surface area is 299 Å². The average molecular weight is 659 g/mol. The second-order valence-electron chi connectivity index (χ2n) is 15.7. The van der Waals surface area contributed by atoms with Crippen LogP contribution >= 0.6 is 0 Å². The summed E-state index contributed by atoms with van der Waals surface area (Å²) < 4.78 is 0. The van der Waals surface area contributed by atoms with E-state index in [4.69, 9.17) is 0 Å². The third kappa shape index (κ3) is 28.8. The van der Waals surface area contributed by atoms with Crippen molar-refractivity contribution < 1.29 is 0 Å². The standard InChI is InChI=1S/C45H90N2/c1-4-7-10-13-16-19-22-24-25-26-28-31-34-37-40-45-46(41-38-35-32-29-21-18-15-12-9-6-3)43-44-47(45)42-39-36-33-30-27-23-20-17-14-11-8-5-2/h43-45H,4-42H2,1-3H3. The molecule has 280 valence electrons. The summed E-state index contributed by atoms with van der Waals surface area (Å²) in [4.78, 5) is 5.46. The van der Waals surface area contributed by atoms with Gasteiger partial charge in [0.1, 0.15) is 6.17 Å². The molecule has 0 amide bonds. The van der Waals surface area contributed by atoms with Gasteiger partial charge in [-0.2, -0.15) is 0 Å². The molecule has 1 aliphatic rings. The first-order valence-corrected chi connectivity index (χ1v) is 22.5. The minimum Gasteiger partial charge on any atom is -0.356 e. The molecule has 0 saturated heterocycles. The highest BCUT2D eigenvalue weighted by atomic mass is 15.4. The van der Waals surface area contributed by atoms with Gasteiger partial charge in [-0.05, 0) is 25.7 Å². The summed E-state index contributed by atoms with van der Waals surface area (Å²) in [5, 5.41) is 0. The normalized spacial score (nSPS) is 14.7. The second-order valence-corrected chi connectivity index (χ2v) is 15.7. The summed E-state index contributed by atoms with van der Waals surface area (Å²) in [6.45, 7) is 9.49. The van der Waals surface area contributed by atoms with Crippen molar-refractivity contribution in [3.63, 3.8) is 0 Å². The lowest BCUT2D eigenvalue weighted by molar-refractivity contribution is 0.135. The molecule has 0 saturated carbocycles. The van der Waals surface area contributed by atoms with E-state index in [1.165, 1.54) is 251 Å². The third-order valence-electron chi connectivity index (χ3n) is 11.1. The highest BCUT2D eigenvalue weighted by Gasteiger charge is 2.24. The van der Waals surface area contributed by atoms with Gasteiger partial charge in [0.05, 0.1) is 0 Å². The molecule has 2 nitrogen and oxygen atoms in total. The maximum absolute atomic E-state index is 2.73. The van der Waals surface area contributed by atoms with E-state index in [1.807, 2.05) is 0 Å². The van der Waals surface area contributed by atoms with Crippen LogP contribution in [0.1, 0.15) is 258 Å². The van der Waals surface area contributed by atoms with Crippen LogP contribution in [0.2, 0.25) is 0 Å². The Morgan fingerprint density at radius 3 is 0.745 bits per heavy atom. The van der Waals surface area contributed by atoms with E-state index in [-0.39, 0.29) is 0 Å². The lowest BCUT2D eigenvalue weighted by atomic mass is 10.0. The maximum Gasteiger partial charge on any atom is 0.101 e. The van der Waals surface area contributed by atoms with E-state index in [0.717, 1.165) is 0 Å². The number of hydrogen-bond donors (Lipinski definition) is 0. The Morgan fingerprint density at radius 1 is 0.277 bits per heavy atom. The molecular weight excluding hydrogens is 569 g/mol. The first-order valence-electron chi connectivity index (χ1n) is 22.5. The van der Waals surface area contributed by atoms with E-state index < -0.39 is 0 Å². The monoisotopic (exact) mass is 659 g/mol. The summed E-state index contributed by atoms with van der Waals surface area (Å²) in [7, 11) is 0. The van der Waals surface area contributed by atoms with Gasteiger partial charge in [-0.15, -0.1) is 0 Å². The summed E-state index contributed by atoms with van der Waals surface area (Å²) in [6, 6.07) is 0. The van der Waals surface area contributed by atoms with Gasteiger partial charge in [-0.1, -0.05) is 233 Å². The van der Waals surface area contributed by atoms with Gasteiger partial charge in [0.25, 0.3) is 0 Å². The molecule has 1 rings (SSSR count). The van der Waals surface area contributed by atoms with Crippen molar-refractivity contribution in [3.8, 4) is 0 Å². The Hall–Kier alpha value is -0.660. The fraction of sp³-hybridized carbons (Fsp3) is 0.956. The summed E-state index contributed by atoms with van der Waals surface area (Å²) in [5.41, 5.74) is 0. The predicted molar refractivity (Wildman–Crippen MR) is 214 cm³/mol. The maximum atomic E-state index is 2.73. The van der Waals surface area contributed by atoms with Crippen LogP contribution in [-0.4, -0.2) is 29.1 Å². The van der Waals surface area contributed by atoms with Crippen molar-refractivity contribution in [1.29, 1.82) is 0 Å². The van der Waals surface area contributed by atoms with E-state index in [0.29, 0.717) is 6.17 Å². The summed E-state index contributed by atoms with van der Waals surface area (Å²) in [6.07, 6.45) is 58.9. The van der Waals surface area contributed by atoms with Gasteiger partial charge >= 0.3 is 0 Å². The van der Waals surface area contributed by atoms with Crippen LogP contribution in [0.25, 0.3) is 0 Å². The Balaban J connectivity index is 2.21. The zero-order valence-electron chi connectivity index (χ0n) is 33.2. The molecule has 0 aromatic carbocycles. The van der Waals surface area contributed by atoms with Gasteiger partial charge in [0.15, 0.2) is 0 Å². The van der Waals surface area contributed by atoms with Crippen LogP contribution in [0.15, 0.2) is 12.4 Å². The van der Waals surface area contributed by atoms with Crippen molar-refractivity contribution in [2.45, 2.75) is 265 Å². The number of nitrogens with zero attached hydrogens (tertiary/aromatic N) is 2. The molecule has 47 heavy (non-hydrogen) atoms. The molecule has 0 fully saturated rings. The van der Waals surface area contributed by atoms with Gasteiger partial charge in [0, 0.05) is 25.5 Å². The topological polar surface area (TPSA) is 6.48 Å². The molecule has 2 heteroatoms. The lowest BCUT2D eigenvalue weighted by Gasteiger charge is -2.33. The fourth-order valence-electron chi connectivity index (χ4n) is 7.78. The Morgan fingerprint density at radius 2 is 0.489 bits per heavy atom. The highest BCUT2D eigenvalue weighted by molar-refractivity contribution is 4.97. The Kier molecular flexibility index (Phi) is 34.6. The third-order valence-corrected chi connectivity index (χ3v) is 11.1. The van der Waals surface area contributed by atoms with E-state index in [9.17, 15) is 0 Å². The van der Waals surface area contributed by atoms with Crippen molar-refractivity contribution in [1.82, 2.24) is 9.80 Å². The van der Waals surface area contributed by atoms with E-state index in [2.05, 4.69) is 43.0 Å². The van der Waals surface area contributed by atoms with Crippen LogP contribution < -0.4 is 0 Å². The van der Waals surface area contributed by atoms with E-state index in [1.54, 1.807) is 0 Å². The van der Waals surface area contributed by atoms with Gasteiger partial charge in [-0.3, -0.25) is 0 Å². The molecule has 0 aromatic rings. The van der Waals surface area contributed by atoms with Crippen LogP contribution in [-0.2, 0) is 0 Å². The predicted octanol–water partition coefficient (Wildman–Crippen LogP) is 15.9. The van der Waals surface area contributed by atoms with Crippen LogP contribution in [0.3, 0.4) is 0 Å². The molecule has 1 atom stereocenters. The van der Waals surface area contributed by atoms with Crippen molar-refractivity contribution in [2.24, 2.45) is 0 Å². The van der Waals surface area contributed by atoms with Crippen LogP contribution in [0.5, 0.6) is 0 Å². The molecule has 1 heterocycles. The van der Waals surface area contributed by atoms with E-state index >= 15 is 0 Å². The SMILES string of the molecule is CCCCCCCCCCCCCCCCC1N(CCCCCCCCCCCC)C=CN1CCCCCCCCCCCCCC. The molecule has 0 aromatic heterocycles. The molecular formula is C45H90N2. The first-order chi connectivity index (χ1) is 23.3. The Bertz CT molecular complexity index is 615. The first kappa shape index (κ1) is 44.4. The molecule has 1 unspecified atom stereocenters. The molecule has 0 bridgehead atoms. The lowest BCUT2D eigenvalue weighted by Crippen LogP contribution is -2.39. The minimum absolute atomic E-state index is 0.638. The van der Waals surface area contributed by atoms with Crippen molar-refractivity contribution in [3.05, 3.63) is 12.4 Å². The molecule has 0 aliphatic carbocycles. The molecule has 1 aliphatic heterocycles. The zero-order chi connectivity index (χ0) is 33.7. The summed E-state index contributed by atoms with van der Waals surface area (Å²) >= 11 is 0. The van der Waals surface area contributed by atoms with Crippen molar-refractivity contribution >= 4 is 0 Å². The van der Waals surface area contributed by atoms with Crippen molar-refractivity contribution in [2.75, 3.05) is 13.1 Å². The second kappa shape index (κ2) is 36.6. The largest absolute Gasteiger partial charge is 0.356 e. The minimum atomic E-state index is 0.638. The number of rotatable bonds is 39. The zero-order valence-corrected chi connectivity index (χ0v) is 33.2. The number of hydrogen-bond acceptors (Lipinski definition) is 2. The highest BCUT2D eigenvalue weighted by Crippen LogP contribution is 2.24. The molecule has 0 N–H and O–H groups in total. The van der Waals surface area contributed by atoms with Crippen LogP contribution in [0, 0.1) is 0 Å². The molecule has 0 spiro atoms. The smallest absolute Gasteiger partial charge is 0.101 e. The van der Waals surface area contributed by atoms with Gasteiger partial charge in [0.2, 0.25) is 0 Å². The average Bonchev–Trinajstić information content (AvgIpc) is 3.47. The number of unbranched alkanes of at least 4 members (excludes halogenated alkanes) is 33. The van der Waals surface area contributed by atoms with Gasteiger partial charge in [-0.25, -0.2) is 0 Å². The summed E-state index contributed by atoms with van der Waals surface area (Å²) in [5.74, 6) is 0.